The third-order valence-corrected chi connectivity index (χ3v) is 3.75. The quantitative estimate of drug-likeness (QED) is 0.380. The van der Waals surface area contributed by atoms with Gasteiger partial charge in [0.25, 0.3) is 0 Å². The van der Waals surface area contributed by atoms with E-state index in [1.54, 1.807) is 25.4 Å². The van der Waals surface area contributed by atoms with Gasteiger partial charge in [-0.3, -0.25) is 0 Å². The smallest absolute Gasteiger partial charge is 0.218 e. The number of pyridine rings is 1. The number of guanidine groups is 1. The average molecular weight is 374 g/mol. The molecule has 2 rings (SSSR count). The zero-order chi connectivity index (χ0) is 19.3. The Morgan fingerprint density at radius 1 is 1.15 bits per heavy atom. The van der Waals surface area contributed by atoms with Crippen LogP contribution in [0.3, 0.4) is 0 Å². The Balaban J connectivity index is 1.91. The topological polar surface area (TPSA) is 67.8 Å². The number of hydrogen-bond donors (Lipinski definition) is 2. The van der Waals surface area contributed by atoms with E-state index in [2.05, 4.69) is 20.6 Å². The fourth-order valence-corrected chi connectivity index (χ4v) is 2.38. The van der Waals surface area contributed by atoms with Gasteiger partial charge in [0.2, 0.25) is 5.88 Å². The summed E-state index contributed by atoms with van der Waals surface area (Å²) in [7, 11) is 1.63. The van der Waals surface area contributed by atoms with Gasteiger partial charge < -0.3 is 20.1 Å². The van der Waals surface area contributed by atoms with Crippen molar-refractivity contribution >= 4 is 5.96 Å². The SMILES string of the molecule is CCNC(=NCc1cccnc1OCCOC)NCCc1ccc(F)cc1. The lowest BCUT2D eigenvalue weighted by molar-refractivity contribution is 0.143. The summed E-state index contributed by atoms with van der Waals surface area (Å²) in [4.78, 5) is 8.87. The molecule has 6 nitrogen and oxygen atoms in total. The van der Waals surface area contributed by atoms with Gasteiger partial charge in [0.05, 0.1) is 13.2 Å². The van der Waals surface area contributed by atoms with E-state index in [1.807, 2.05) is 19.1 Å². The Labute approximate surface area is 159 Å². The maximum absolute atomic E-state index is 13.0. The van der Waals surface area contributed by atoms with Crippen LogP contribution in [0.1, 0.15) is 18.1 Å². The first kappa shape index (κ1) is 20.6. The number of nitrogens with one attached hydrogen (secondary N) is 2. The largest absolute Gasteiger partial charge is 0.475 e. The number of aliphatic imine (C=N–C) groups is 1. The predicted molar refractivity (Wildman–Crippen MR) is 105 cm³/mol. The number of hydrogen-bond acceptors (Lipinski definition) is 4. The summed E-state index contributed by atoms with van der Waals surface area (Å²) in [5.41, 5.74) is 1.98. The standard InChI is InChI=1S/C20H27FN4O2/c1-3-22-20(24-12-10-16-6-8-18(21)9-7-16)25-15-17-5-4-11-23-19(17)27-14-13-26-2/h4-9,11H,3,10,12-15H2,1-2H3,(H2,22,24,25). The van der Waals surface area contributed by atoms with Crippen molar-refractivity contribution in [1.82, 2.24) is 15.6 Å². The molecule has 2 N–H and O–H groups in total. The third-order valence-electron chi connectivity index (χ3n) is 3.75. The van der Waals surface area contributed by atoms with Crippen molar-refractivity contribution in [3.05, 3.63) is 59.5 Å². The van der Waals surface area contributed by atoms with Crippen molar-refractivity contribution in [2.24, 2.45) is 4.99 Å². The number of halogens is 1. The summed E-state index contributed by atoms with van der Waals surface area (Å²) in [5, 5.41) is 6.51. The third kappa shape index (κ3) is 7.62. The van der Waals surface area contributed by atoms with E-state index in [1.165, 1.54) is 12.1 Å². The molecule has 7 heteroatoms. The van der Waals surface area contributed by atoms with Crippen LogP contribution in [0.5, 0.6) is 5.88 Å². The maximum Gasteiger partial charge on any atom is 0.218 e. The Bertz CT molecular complexity index is 707. The molecule has 0 spiro atoms. The molecule has 0 amide bonds. The van der Waals surface area contributed by atoms with E-state index >= 15 is 0 Å². The molecule has 146 valence electrons. The summed E-state index contributed by atoms with van der Waals surface area (Å²) in [6.07, 6.45) is 2.48. The normalized spacial score (nSPS) is 11.3. The van der Waals surface area contributed by atoms with Crippen LogP contribution in [0.2, 0.25) is 0 Å². The van der Waals surface area contributed by atoms with E-state index in [0.29, 0.717) is 38.1 Å². The van der Waals surface area contributed by atoms with Gasteiger partial charge in [0.1, 0.15) is 12.4 Å². The number of nitrogens with zero attached hydrogens (tertiary/aromatic N) is 2. The maximum atomic E-state index is 13.0. The minimum atomic E-state index is -0.221. The molecular formula is C20H27FN4O2. The second kappa shape index (κ2) is 11.9. The summed E-state index contributed by atoms with van der Waals surface area (Å²) < 4.78 is 23.6. The van der Waals surface area contributed by atoms with Crippen LogP contribution in [0, 0.1) is 5.82 Å². The monoisotopic (exact) mass is 374 g/mol. The Kier molecular flexibility index (Phi) is 9.06. The van der Waals surface area contributed by atoms with Gasteiger partial charge in [-0.25, -0.2) is 14.4 Å². The highest BCUT2D eigenvalue weighted by Crippen LogP contribution is 2.15. The Hall–Kier alpha value is -2.67. The lowest BCUT2D eigenvalue weighted by Crippen LogP contribution is -2.38. The van der Waals surface area contributed by atoms with Crippen LogP contribution >= 0.6 is 0 Å². The van der Waals surface area contributed by atoms with Crippen molar-refractivity contribution in [1.29, 1.82) is 0 Å². The number of benzene rings is 1. The van der Waals surface area contributed by atoms with Crippen LogP contribution in [0.15, 0.2) is 47.6 Å². The molecule has 0 aliphatic heterocycles. The molecule has 2 aromatic rings. The highest BCUT2D eigenvalue weighted by Gasteiger charge is 2.05. The first-order valence-corrected chi connectivity index (χ1v) is 9.05. The number of rotatable bonds is 10. The van der Waals surface area contributed by atoms with E-state index in [9.17, 15) is 4.39 Å². The van der Waals surface area contributed by atoms with Crippen LogP contribution in [0.4, 0.5) is 4.39 Å². The zero-order valence-electron chi connectivity index (χ0n) is 15.9. The van der Waals surface area contributed by atoms with Crippen LogP contribution in [-0.2, 0) is 17.7 Å². The first-order chi connectivity index (χ1) is 13.2. The molecule has 1 heterocycles. The second-order valence-electron chi connectivity index (χ2n) is 5.81. The summed E-state index contributed by atoms with van der Waals surface area (Å²) in [5.74, 6) is 1.06. The van der Waals surface area contributed by atoms with Gasteiger partial charge >= 0.3 is 0 Å². The molecule has 1 aromatic carbocycles. The van der Waals surface area contributed by atoms with Crippen molar-refractivity contribution < 1.29 is 13.9 Å². The molecule has 0 bridgehead atoms. The number of aromatic nitrogens is 1. The van der Waals surface area contributed by atoms with Crippen LogP contribution in [-0.4, -0.2) is 44.4 Å². The fourth-order valence-electron chi connectivity index (χ4n) is 2.38. The van der Waals surface area contributed by atoms with Gasteiger partial charge in [-0.15, -0.1) is 0 Å². The van der Waals surface area contributed by atoms with Gasteiger partial charge in [-0.2, -0.15) is 0 Å². The Morgan fingerprint density at radius 2 is 1.96 bits per heavy atom. The van der Waals surface area contributed by atoms with Crippen LogP contribution < -0.4 is 15.4 Å². The van der Waals surface area contributed by atoms with Crippen molar-refractivity contribution in [3.8, 4) is 5.88 Å². The van der Waals surface area contributed by atoms with Crippen LogP contribution in [0.25, 0.3) is 0 Å². The molecule has 27 heavy (non-hydrogen) atoms. The molecule has 0 atom stereocenters. The summed E-state index contributed by atoms with van der Waals surface area (Å²) >= 11 is 0. The second-order valence-corrected chi connectivity index (χ2v) is 5.81. The zero-order valence-corrected chi connectivity index (χ0v) is 15.9. The van der Waals surface area contributed by atoms with E-state index in [4.69, 9.17) is 9.47 Å². The highest BCUT2D eigenvalue weighted by molar-refractivity contribution is 5.79. The van der Waals surface area contributed by atoms with Gasteiger partial charge in [0, 0.05) is 32.0 Å². The van der Waals surface area contributed by atoms with Crippen molar-refractivity contribution in [2.45, 2.75) is 19.9 Å². The van der Waals surface area contributed by atoms with Gasteiger partial charge in [-0.1, -0.05) is 18.2 Å². The molecule has 0 aliphatic carbocycles. The molecule has 1 aromatic heterocycles. The summed E-state index contributed by atoms with van der Waals surface area (Å²) in [6.45, 7) is 4.87. The molecular weight excluding hydrogens is 347 g/mol. The average Bonchev–Trinajstić information content (AvgIpc) is 2.68. The van der Waals surface area contributed by atoms with E-state index in [-0.39, 0.29) is 5.82 Å². The molecule has 0 unspecified atom stereocenters. The van der Waals surface area contributed by atoms with E-state index < -0.39 is 0 Å². The molecule has 0 radical (unpaired) electrons. The lowest BCUT2D eigenvalue weighted by atomic mass is 10.1. The molecule has 0 fully saturated rings. The Morgan fingerprint density at radius 3 is 2.70 bits per heavy atom. The minimum Gasteiger partial charge on any atom is -0.475 e. The summed E-state index contributed by atoms with van der Waals surface area (Å²) in [6, 6.07) is 10.3. The van der Waals surface area contributed by atoms with E-state index in [0.717, 1.165) is 24.1 Å². The molecule has 0 aliphatic rings. The molecule has 0 saturated carbocycles. The predicted octanol–water partition coefficient (Wildman–Crippen LogP) is 2.54. The number of ether oxygens (including phenoxy) is 2. The minimum absolute atomic E-state index is 0.221. The van der Waals surface area contributed by atoms with Gasteiger partial charge in [-0.05, 0) is 37.1 Å². The highest BCUT2D eigenvalue weighted by atomic mass is 19.1. The molecule has 0 saturated heterocycles. The van der Waals surface area contributed by atoms with Gasteiger partial charge in [0.15, 0.2) is 5.96 Å². The fraction of sp³-hybridized carbons (Fsp3) is 0.400. The first-order valence-electron chi connectivity index (χ1n) is 9.05. The van der Waals surface area contributed by atoms with Crippen molar-refractivity contribution in [3.63, 3.8) is 0 Å². The lowest BCUT2D eigenvalue weighted by Gasteiger charge is -2.12. The van der Waals surface area contributed by atoms with Crippen molar-refractivity contribution in [2.75, 3.05) is 33.4 Å². The number of methoxy groups -OCH3 is 1.